The Morgan fingerprint density at radius 3 is 3.17 bits per heavy atom. The maximum atomic E-state index is 12.0. The maximum Gasteiger partial charge on any atom is 0.228 e. The van der Waals surface area contributed by atoms with Gasteiger partial charge < -0.3 is 15.4 Å². The fraction of sp³-hybridized carbons (Fsp3) is 0.417. The van der Waals surface area contributed by atoms with Gasteiger partial charge in [0.05, 0.1) is 37.5 Å². The Kier molecular flexibility index (Phi) is 3.75. The minimum atomic E-state index is -0.526. The van der Waals surface area contributed by atoms with Gasteiger partial charge in [0.1, 0.15) is 0 Å². The van der Waals surface area contributed by atoms with E-state index in [1.807, 2.05) is 6.07 Å². The van der Waals surface area contributed by atoms with E-state index in [-0.39, 0.29) is 12.3 Å². The molecule has 18 heavy (non-hydrogen) atoms. The molecule has 1 aliphatic rings. The molecule has 2 N–H and O–H groups in total. The van der Waals surface area contributed by atoms with Crippen LogP contribution in [0, 0.1) is 11.3 Å². The zero-order valence-corrected chi connectivity index (χ0v) is 9.87. The molecule has 1 saturated heterocycles. The number of morpholine rings is 1. The number of nitrogens with zero attached hydrogens (tertiary/aromatic N) is 3. The number of carbonyl (C=O) groups is 1. The van der Waals surface area contributed by atoms with E-state index in [1.54, 1.807) is 17.0 Å². The predicted molar refractivity (Wildman–Crippen MR) is 64.3 cm³/mol. The lowest BCUT2D eigenvalue weighted by atomic mass is 10.2. The first-order valence-corrected chi connectivity index (χ1v) is 5.68. The van der Waals surface area contributed by atoms with Crippen LogP contribution in [0.2, 0.25) is 0 Å². The van der Waals surface area contributed by atoms with Gasteiger partial charge in [-0.25, -0.2) is 0 Å². The maximum absolute atomic E-state index is 12.0. The second-order valence-electron chi connectivity index (χ2n) is 4.09. The molecule has 0 saturated carbocycles. The molecule has 0 aliphatic carbocycles. The molecule has 2 heterocycles. The fourth-order valence-corrected chi connectivity index (χ4v) is 1.76. The van der Waals surface area contributed by atoms with Crippen LogP contribution in [0.25, 0.3) is 0 Å². The summed E-state index contributed by atoms with van der Waals surface area (Å²) in [6, 6.07) is 5.46. The number of nitrogen functional groups attached to an aromatic ring is 1. The van der Waals surface area contributed by atoms with Crippen LogP contribution < -0.4 is 5.73 Å². The molecule has 6 nitrogen and oxygen atoms in total. The molecule has 1 fully saturated rings. The summed E-state index contributed by atoms with van der Waals surface area (Å²) >= 11 is 0. The largest absolute Gasteiger partial charge is 0.397 e. The molecular weight excluding hydrogens is 232 g/mol. The van der Waals surface area contributed by atoms with Crippen LogP contribution in [0.5, 0.6) is 0 Å². The van der Waals surface area contributed by atoms with Crippen molar-refractivity contribution in [3.63, 3.8) is 0 Å². The van der Waals surface area contributed by atoms with E-state index < -0.39 is 6.10 Å². The molecule has 1 amide bonds. The van der Waals surface area contributed by atoms with Crippen molar-refractivity contribution in [2.45, 2.75) is 12.5 Å². The highest BCUT2D eigenvalue weighted by Crippen LogP contribution is 2.08. The number of pyridine rings is 1. The monoisotopic (exact) mass is 246 g/mol. The third-order valence-electron chi connectivity index (χ3n) is 2.74. The van der Waals surface area contributed by atoms with Crippen LogP contribution in [-0.2, 0) is 16.0 Å². The molecule has 94 valence electrons. The second-order valence-corrected chi connectivity index (χ2v) is 4.09. The molecule has 1 aromatic rings. The van der Waals surface area contributed by atoms with Crippen molar-refractivity contribution in [3.8, 4) is 6.07 Å². The lowest BCUT2D eigenvalue weighted by Gasteiger charge is -2.29. The summed E-state index contributed by atoms with van der Waals surface area (Å²) in [4.78, 5) is 17.7. The average Bonchev–Trinajstić information content (AvgIpc) is 2.41. The van der Waals surface area contributed by atoms with Gasteiger partial charge in [0.25, 0.3) is 0 Å². The molecule has 1 aromatic heterocycles. The van der Waals surface area contributed by atoms with Crippen LogP contribution in [0.15, 0.2) is 18.3 Å². The molecule has 1 atom stereocenters. The van der Waals surface area contributed by atoms with E-state index in [0.29, 0.717) is 31.1 Å². The number of nitriles is 1. The summed E-state index contributed by atoms with van der Waals surface area (Å²) < 4.78 is 5.19. The number of rotatable bonds is 2. The van der Waals surface area contributed by atoms with E-state index in [4.69, 9.17) is 15.7 Å². The zero-order valence-electron chi connectivity index (χ0n) is 9.87. The van der Waals surface area contributed by atoms with Crippen LogP contribution in [0.4, 0.5) is 5.69 Å². The van der Waals surface area contributed by atoms with Crippen molar-refractivity contribution in [1.29, 1.82) is 5.26 Å². The van der Waals surface area contributed by atoms with Crippen molar-refractivity contribution in [3.05, 3.63) is 24.0 Å². The summed E-state index contributed by atoms with van der Waals surface area (Å²) in [6.45, 7) is 1.25. The molecule has 0 aromatic carbocycles. The van der Waals surface area contributed by atoms with Gasteiger partial charge in [-0.3, -0.25) is 9.78 Å². The topological polar surface area (TPSA) is 92.2 Å². The molecule has 1 aliphatic heterocycles. The van der Waals surface area contributed by atoms with E-state index >= 15 is 0 Å². The summed E-state index contributed by atoms with van der Waals surface area (Å²) in [7, 11) is 0. The summed E-state index contributed by atoms with van der Waals surface area (Å²) in [5, 5.41) is 8.77. The Labute approximate surface area is 105 Å². The number of amides is 1. The van der Waals surface area contributed by atoms with Gasteiger partial charge >= 0.3 is 0 Å². The number of aromatic nitrogens is 1. The van der Waals surface area contributed by atoms with E-state index in [0.717, 1.165) is 0 Å². The van der Waals surface area contributed by atoms with Crippen LogP contribution in [0.1, 0.15) is 5.69 Å². The highest BCUT2D eigenvalue weighted by molar-refractivity contribution is 5.78. The van der Waals surface area contributed by atoms with Gasteiger partial charge in [0.2, 0.25) is 5.91 Å². The van der Waals surface area contributed by atoms with Gasteiger partial charge in [-0.1, -0.05) is 0 Å². The minimum Gasteiger partial charge on any atom is -0.397 e. The number of carbonyl (C=O) groups excluding carboxylic acids is 1. The SMILES string of the molecule is N#CC1CN(C(=O)Cc2ccc(N)cn2)CCO1. The first-order valence-electron chi connectivity index (χ1n) is 5.68. The molecule has 0 spiro atoms. The van der Waals surface area contributed by atoms with Gasteiger partial charge in [-0.15, -0.1) is 0 Å². The Balaban J connectivity index is 1.95. The normalized spacial score (nSPS) is 19.3. The van der Waals surface area contributed by atoms with Gasteiger partial charge in [0, 0.05) is 12.2 Å². The van der Waals surface area contributed by atoms with Crippen molar-refractivity contribution >= 4 is 11.6 Å². The molecule has 6 heteroatoms. The number of nitrogens with two attached hydrogens (primary N) is 1. The van der Waals surface area contributed by atoms with Crippen molar-refractivity contribution in [2.24, 2.45) is 0 Å². The molecule has 0 radical (unpaired) electrons. The van der Waals surface area contributed by atoms with Crippen LogP contribution >= 0.6 is 0 Å². The van der Waals surface area contributed by atoms with Crippen LogP contribution in [0.3, 0.4) is 0 Å². The summed E-state index contributed by atoms with van der Waals surface area (Å²) in [5.74, 6) is -0.0455. The number of anilines is 1. The van der Waals surface area contributed by atoms with Gasteiger partial charge in [0.15, 0.2) is 6.10 Å². The Bertz CT molecular complexity index is 466. The predicted octanol–water partition coefficient (Wildman–Crippen LogP) is -0.0427. The number of ether oxygens (including phenoxy) is 1. The van der Waals surface area contributed by atoms with E-state index in [2.05, 4.69) is 4.98 Å². The molecular formula is C12H14N4O2. The Hall–Kier alpha value is -2.13. The standard InChI is InChI=1S/C12H14N4O2/c13-6-11-8-16(3-4-18-11)12(17)5-10-2-1-9(14)7-15-10/h1-2,7,11H,3-5,8,14H2. The van der Waals surface area contributed by atoms with Gasteiger partial charge in [-0.2, -0.15) is 5.26 Å². The van der Waals surface area contributed by atoms with Gasteiger partial charge in [-0.05, 0) is 12.1 Å². The fourth-order valence-electron chi connectivity index (χ4n) is 1.76. The van der Waals surface area contributed by atoms with Crippen molar-refractivity contribution < 1.29 is 9.53 Å². The first-order chi connectivity index (χ1) is 8.69. The van der Waals surface area contributed by atoms with E-state index in [1.165, 1.54) is 6.20 Å². The Morgan fingerprint density at radius 2 is 2.50 bits per heavy atom. The highest BCUT2D eigenvalue weighted by Gasteiger charge is 2.23. The number of hydrogen-bond donors (Lipinski definition) is 1. The zero-order chi connectivity index (χ0) is 13.0. The minimum absolute atomic E-state index is 0.0455. The lowest BCUT2D eigenvalue weighted by molar-refractivity contribution is -0.136. The highest BCUT2D eigenvalue weighted by atomic mass is 16.5. The molecule has 2 rings (SSSR count). The van der Waals surface area contributed by atoms with Crippen molar-refractivity contribution in [1.82, 2.24) is 9.88 Å². The Morgan fingerprint density at radius 1 is 1.67 bits per heavy atom. The molecule has 1 unspecified atom stereocenters. The first kappa shape index (κ1) is 12.3. The second kappa shape index (κ2) is 5.47. The molecule has 0 bridgehead atoms. The number of hydrogen-bond acceptors (Lipinski definition) is 5. The van der Waals surface area contributed by atoms with Crippen LogP contribution in [-0.4, -0.2) is 41.6 Å². The van der Waals surface area contributed by atoms with Crippen molar-refractivity contribution in [2.75, 3.05) is 25.4 Å². The third-order valence-corrected chi connectivity index (χ3v) is 2.74. The third kappa shape index (κ3) is 2.96. The summed E-state index contributed by atoms with van der Waals surface area (Å²) in [6.07, 6.45) is 1.22. The lowest BCUT2D eigenvalue weighted by Crippen LogP contribution is -2.45. The average molecular weight is 246 g/mol. The smallest absolute Gasteiger partial charge is 0.228 e. The van der Waals surface area contributed by atoms with E-state index in [9.17, 15) is 4.79 Å². The quantitative estimate of drug-likeness (QED) is 0.790. The summed E-state index contributed by atoms with van der Waals surface area (Å²) in [5.41, 5.74) is 6.77.